The number of rotatable bonds is 5. The van der Waals surface area contributed by atoms with Crippen LogP contribution in [0.25, 0.3) is 21.9 Å². The first-order valence-corrected chi connectivity index (χ1v) is 10.7. The van der Waals surface area contributed by atoms with Gasteiger partial charge < -0.3 is 19.3 Å². The van der Waals surface area contributed by atoms with Gasteiger partial charge in [0.05, 0.1) is 12.0 Å². The number of carbonyl (C=O) groups is 2. The molecule has 1 aliphatic carbocycles. The highest BCUT2D eigenvalue weighted by molar-refractivity contribution is 6.00. The van der Waals surface area contributed by atoms with Gasteiger partial charge in [-0.15, -0.1) is 0 Å². The van der Waals surface area contributed by atoms with Gasteiger partial charge in [0.15, 0.2) is 0 Å². The molecule has 2 N–H and O–H groups in total. The first-order chi connectivity index (χ1) is 14.7. The molecule has 3 aromatic rings. The Kier molecular flexibility index (Phi) is 5.37. The number of nitrogens with one attached hydrogen (secondary N) is 1. The third-order valence-electron chi connectivity index (χ3n) is 6.31. The number of carboxylic acids is 1. The van der Waals surface area contributed by atoms with Crippen LogP contribution in [0.2, 0.25) is 0 Å². The van der Waals surface area contributed by atoms with Crippen molar-refractivity contribution in [3.8, 4) is 0 Å². The molecule has 2 aromatic heterocycles. The summed E-state index contributed by atoms with van der Waals surface area (Å²) in [5.41, 5.74) is 3.56. The second-order valence-electron chi connectivity index (χ2n) is 8.76. The highest BCUT2D eigenvalue weighted by atomic mass is 16.4. The lowest BCUT2D eigenvalue weighted by atomic mass is 9.93. The number of amides is 1. The van der Waals surface area contributed by atoms with Crippen LogP contribution >= 0.6 is 0 Å². The lowest BCUT2D eigenvalue weighted by molar-refractivity contribution is -0.143. The van der Waals surface area contributed by atoms with Crippen molar-refractivity contribution in [1.29, 1.82) is 0 Å². The average Bonchev–Trinajstić information content (AvgIpc) is 3.09. The maximum absolute atomic E-state index is 12.7. The summed E-state index contributed by atoms with van der Waals surface area (Å²) in [6.07, 6.45) is 3.86. The van der Waals surface area contributed by atoms with Crippen molar-refractivity contribution in [1.82, 2.24) is 5.32 Å². The largest absolute Gasteiger partial charge is 0.480 e. The number of aryl methyl sites for hydroxylation is 4. The second-order valence-corrected chi connectivity index (χ2v) is 8.76. The molecule has 0 saturated carbocycles. The first kappa shape index (κ1) is 21.2. The van der Waals surface area contributed by atoms with Crippen molar-refractivity contribution in [2.75, 3.05) is 0 Å². The Hall–Kier alpha value is -3.09. The molecule has 7 heteroatoms. The van der Waals surface area contributed by atoms with Gasteiger partial charge >= 0.3 is 11.6 Å². The maximum atomic E-state index is 12.7. The predicted octanol–water partition coefficient (Wildman–Crippen LogP) is 3.80. The summed E-state index contributed by atoms with van der Waals surface area (Å²) in [5, 5.41) is 13.6. The van der Waals surface area contributed by atoms with E-state index < -0.39 is 23.5 Å². The number of furan rings is 1. The van der Waals surface area contributed by atoms with Gasteiger partial charge in [0, 0.05) is 28.3 Å². The minimum Gasteiger partial charge on any atom is -0.480 e. The van der Waals surface area contributed by atoms with E-state index in [9.17, 15) is 19.5 Å². The Morgan fingerprint density at radius 1 is 1.06 bits per heavy atom. The summed E-state index contributed by atoms with van der Waals surface area (Å²) in [4.78, 5) is 36.7. The lowest BCUT2D eigenvalue weighted by Gasteiger charge is -2.18. The van der Waals surface area contributed by atoms with Crippen LogP contribution in [-0.4, -0.2) is 23.0 Å². The van der Waals surface area contributed by atoms with Gasteiger partial charge in [-0.3, -0.25) is 4.79 Å². The summed E-state index contributed by atoms with van der Waals surface area (Å²) in [6.45, 7) is 7.12. The van der Waals surface area contributed by atoms with E-state index in [0.717, 1.165) is 53.4 Å². The Morgan fingerprint density at radius 2 is 1.74 bits per heavy atom. The monoisotopic (exact) mass is 425 g/mol. The van der Waals surface area contributed by atoms with Crippen molar-refractivity contribution < 1.29 is 23.5 Å². The standard InChI is InChI=1S/C24H27NO6/c1-11(2)20(23(27)28)25-19(26)10-16-12(3)15-9-17-14-7-5-6-8-18(14)30-22(17)13(4)21(15)31-24(16)29/h9,11,20H,5-8,10H2,1-4H3,(H,25,26)(H,27,28). The van der Waals surface area contributed by atoms with Gasteiger partial charge in [-0.1, -0.05) is 13.8 Å². The number of hydrogen-bond acceptors (Lipinski definition) is 5. The summed E-state index contributed by atoms with van der Waals surface area (Å²) in [7, 11) is 0. The number of benzene rings is 1. The zero-order valence-corrected chi connectivity index (χ0v) is 18.3. The normalized spacial score (nSPS) is 14.7. The molecule has 2 heterocycles. The SMILES string of the molecule is Cc1c(CC(=O)NC(C(=O)O)C(C)C)c(=O)oc2c(C)c3oc4c(c3cc12)CCCC4. The Bertz CT molecular complexity index is 1260. The van der Waals surface area contributed by atoms with Crippen LogP contribution in [0.5, 0.6) is 0 Å². The molecule has 164 valence electrons. The van der Waals surface area contributed by atoms with Crippen LogP contribution in [0, 0.1) is 19.8 Å². The van der Waals surface area contributed by atoms with Crippen LogP contribution in [-0.2, 0) is 28.9 Å². The molecule has 0 spiro atoms. The number of fused-ring (bicyclic) bond motifs is 4. The Balaban J connectivity index is 1.79. The minimum atomic E-state index is -1.10. The van der Waals surface area contributed by atoms with Gasteiger partial charge in [-0.05, 0) is 50.7 Å². The van der Waals surface area contributed by atoms with Gasteiger partial charge in [0.1, 0.15) is 23.0 Å². The second kappa shape index (κ2) is 7.87. The number of hydrogen-bond donors (Lipinski definition) is 2. The van der Waals surface area contributed by atoms with Crippen LogP contribution in [0.1, 0.15) is 54.7 Å². The summed E-state index contributed by atoms with van der Waals surface area (Å²) in [5.74, 6) is -0.894. The fraction of sp³-hybridized carbons (Fsp3) is 0.458. The quantitative estimate of drug-likeness (QED) is 0.602. The van der Waals surface area contributed by atoms with Gasteiger partial charge in [0.2, 0.25) is 5.91 Å². The summed E-state index contributed by atoms with van der Waals surface area (Å²) in [6, 6.07) is 0.985. The van der Waals surface area contributed by atoms with E-state index in [0.29, 0.717) is 11.1 Å². The third-order valence-corrected chi connectivity index (χ3v) is 6.31. The molecule has 0 aliphatic heterocycles. The molecule has 4 rings (SSSR count). The van der Waals surface area contributed by atoms with Crippen molar-refractivity contribution in [3.63, 3.8) is 0 Å². The lowest BCUT2D eigenvalue weighted by Crippen LogP contribution is -2.45. The fourth-order valence-corrected chi connectivity index (χ4v) is 4.52. The molecule has 0 saturated heterocycles. The predicted molar refractivity (Wildman–Crippen MR) is 116 cm³/mol. The molecular formula is C24H27NO6. The summed E-state index contributed by atoms with van der Waals surface area (Å²) >= 11 is 0. The van der Waals surface area contributed by atoms with E-state index in [-0.39, 0.29) is 17.9 Å². The first-order valence-electron chi connectivity index (χ1n) is 10.7. The highest BCUT2D eigenvalue weighted by Gasteiger charge is 2.26. The van der Waals surface area contributed by atoms with Crippen LogP contribution in [0.4, 0.5) is 0 Å². The number of carboxylic acid groups (broad SMARTS) is 1. The topological polar surface area (TPSA) is 110 Å². The van der Waals surface area contributed by atoms with Gasteiger partial charge in [0.25, 0.3) is 0 Å². The number of aliphatic carboxylic acids is 1. The number of carbonyl (C=O) groups excluding carboxylic acids is 1. The summed E-state index contributed by atoms with van der Waals surface area (Å²) < 4.78 is 11.7. The van der Waals surface area contributed by atoms with Gasteiger partial charge in [-0.2, -0.15) is 0 Å². The smallest absolute Gasteiger partial charge is 0.340 e. The molecule has 1 aliphatic rings. The van der Waals surface area contributed by atoms with Crippen molar-refractivity contribution >= 4 is 33.8 Å². The maximum Gasteiger partial charge on any atom is 0.340 e. The van der Waals surface area contributed by atoms with Crippen LogP contribution < -0.4 is 10.9 Å². The average molecular weight is 425 g/mol. The molecule has 1 amide bonds. The van der Waals surface area contributed by atoms with E-state index in [1.54, 1.807) is 20.8 Å². The van der Waals surface area contributed by atoms with Crippen molar-refractivity contribution in [2.45, 2.75) is 65.8 Å². The molecule has 0 bridgehead atoms. The molecular weight excluding hydrogens is 398 g/mol. The minimum absolute atomic E-state index is 0.235. The van der Waals surface area contributed by atoms with E-state index in [1.807, 2.05) is 13.0 Å². The zero-order valence-electron chi connectivity index (χ0n) is 18.3. The molecule has 1 unspecified atom stereocenters. The van der Waals surface area contributed by atoms with Crippen LogP contribution in [0.15, 0.2) is 19.7 Å². The van der Waals surface area contributed by atoms with Crippen molar-refractivity contribution in [3.05, 3.63) is 44.5 Å². The molecule has 1 aromatic carbocycles. The fourth-order valence-electron chi connectivity index (χ4n) is 4.52. The third kappa shape index (κ3) is 3.62. The zero-order chi connectivity index (χ0) is 22.4. The Morgan fingerprint density at radius 3 is 2.42 bits per heavy atom. The molecule has 0 radical (unpaired) electrons. The molecule has 31 heavy (non-hydrogen) atoms. The van der Waals surface area contributed by atoms with E-state index in [4.69, 9.17) is 8.83 Å². The van der Waals surface area contributed by atoms with E-state index in [1.165, 1.54) is 5.56 Å². The molecule has 7 nitrogen and oxygen atoms in total. The van der Waals surface area contributed by atoms with Crippen LogP contribution in [0.3, 0.4) is 0 Å². The van der Waals surface area contributed by atoms with Gasteiger partial charge in [-0.25, -0.2) is 9.59 Å². The molecule has 0 fully saturated rings. The Labute approximate surface area is 179 Å². The van der Waals surface area contributed by atoms with E-state index in [2.05, 4.69) is 5.32 Å². The molecule has 1 atom stereocenters. The van der Waals surface area contributed by atoms with E-state index >= 15 is 0 Å². The highest BCUT2D eigenvalue weighted by Crippen LogP contribution is 2.37. The van der Waals surface area contributed by atoms with Crippen molar-refractivity contribution in [2.24, 2.45) is 5.92 Å².